The lowest BCUT2D eigenvalue weighted by molar-refractivity contribution is -0.138. The number of furan rings is 1. The number of aromatic carboxylic acids is 1. The van der Waals surface area contributed by atoms with Crippen LogP contribution in [0.1, 0.15) is 40.2 Å². The molecule has 3 heterocycles. The van der Waals surface area contributed by atoms with Crippen LogP contribution in [0, 0.1) is 0 Å². The highest BCUT2D eigenvalue weighted by Gasteiger charge is 2.35. The Bertz CT molecular complexity index is 2070. The van der Waals surface area contributed by atoms with Gasteiger partial charge >= 0.3 is 11.9 Å². The Hall–Kier alpha value is -4.93. The summed E-state index contributed by atoms with van der Waals surface area (Å²) in [6, 6.07) is 26.3. The second kappa shape index (κ2) is 12.4. The number of hydrogen-bond donors (Lipinski definition) is 1. The summed E-state index contributed by atoms with van der Waals surface area (Å²) in [5, 5.41) is 9.18. The summed E-state index contributed by atoms with van der Waals surface area (Å²) >= 11 is 2.81. The van der Waals surface area contributed by atoms with Gasteiger partial charge in [0, 0.05) is 22.1 Å². The van der Waals surface area contributed by atoms with Gasteiger partial charge in [0.1, 0.15) is 11.5 Å². The molecule has 0 saturated heterocycles. The Morgan fingerprint density at radius 2 is 1.73 bits per heavy atom. The van der Waals surface area contributed by atoms with Gasteiger partial charge in [-0.25, -0.2) is 14.6 Å². The molecule has 8 nitrogen and oxygen atoms in total. The topological polar surface area (TPSA) is 111 Å². The highest BCUT2D eigenvalue weighted by atomic mass is 32.2. The molecule has 1 N–H and O–H groups in total. The van der Waals surface area contributed by atoms with Crippen molar-refractivity contribution in [1.29, 1.82) is 0 Å². The number of carbonyl (C=O) groups is 2. The lowest BCUT2D eigenvalue weighted by Crippen LogP contribution is -2.40. The van der Waals surface area contributed by atoms with Gasteiger partial charge in [0.05, 0.1) is 34.0 Å². The van der Waals surface area contributed by atoms with Crippen LogP contribution in [-0.4, -0.2) is 34.5 Å². The summed E-state index contributed by atoms with van der Waals surface area (Å²) in [5.41, 5.74) is 2.81. The number of thiazole rings is 1. The number of thioether (sulfide) groups is 1. The standard InChI is InChI=1S/C34H26N2O6S2/c1-3-41-33(40)28-29(21-7-5-4-6-8-21)35-34-36(30(28)22-13-16-25(43-2)17-14-22)31(37)27(44-34)19-24-15-18-26(42-24)20-9-11-23(12-10-20)32(38)39/h4-19,30H,3H2,1-2H3,(H,38,39)/b27-19-. The van der Waals surface area contributed by atoms with Crippen molar-refractivity contribution in [3.05, 3.63) is 139 Å². The van der Waals surface area contributed by atoms with E-state index in [0.717, 1.165) is 16.0 Å². The maximum atomic E-state index is 14.1. The molecule has 0 radical (unpaired) electrons. The second-order valence-electron chi connectivity index (χ2n) is 9.79. The van der Waals surface area contributed by atoms with Crippen LogP contribution in [0.3, 0.4) is 0 Å². The molecular formula is C34H26N2O6S2. The lowest BCUT2D eigenvalue weighted by Gasteiger charge is -2.26. The van der Waals surface area contributed by atoms with E-state index in [1.54, 1.807) is 53.6 Å². The van der Waals surface area contributed by atoms with Gasteiger partial charge in [-0.05, 0) is 55.1 Å². The number of esters is 1. The van der Waals surface area contributed by atoms with Gasteiger partial charge in [0.2, 0.25) is 0 Å². The van der Waals surface area contributed by atoms with Crippen LogP contribution < -0.4 is 14.9 Å². The van der Waals surface area contributed by atoms with E-state index in [0.29, 0.717) is 37.7 Å². The molecule has 1 aliphatic rings. The van der Waals surface area contributed by atoms with Crippen molar-refractivity contribution in [3.63, 3.8) is 0 Å². The zero-order valence-electron chi connectivity index (χ0n) is 23.7. The van der Waals surface area contributed by atoms with Crippen LogP contribution in [0.2, 0.25) is 0 Å². The van der Waals surface area contributed by atoms with Gasteiger partial charge in [-0.2, -0.15) is 0 Å². The largest absolute Gasteiger partial charge is 0.478 e. The number of aromatic nitrogens is 1. The number of carboxylic acid groups (broad SMARTS) is 1. The van der Waals surface area contributed by atoms with Crippen LogP contribution in [0.15, 0.2) is 116 Å². The first-order valence-electron chi connectivity index (χ1n) is 13.7. The van der Waals surface area contributed by atoms with Crippen molar-refractivity contribution in [2.45, 2.75) is 17.9 Å². The van der Waals surface area contributed by atoms with Gasteiger partial charge in [-0.3, -0.25) is 9.36 Å². The van der Waals surface area contributed by atoms with E-state index in [1.807, 2.05) is 60.9 Å². The molecule has 3 aromatic carbocycles. The minimum absolute atomic E-state index is 0.173. The smallest absolute Gasteiger partial charge is 0.338 e. The van der Waals surface area contributed by atoms with E-state index in [1.165, 1.54) is 23.5 Å². The zero-order valence-corrected chi connectivity index (χ0v) is 25.4. The number of benzene rings is 3. The summed E-state index contributed by atoms with van der Waals surface area (Å²) in [6.07, 6.45) is 3.64. The number of ether oxygens (including phenoxy) is 1. The van der Waals surface area contributed by atoms with E-state index < -0.39 is 18.0 Å². The Kier molecular flexibility index (Phi) is 8.19. The van der Waals surface area contributed by atoms with E-state index in [9.17, 15) is 19.5 Å². The predicted molar refractivity (Wildman–Crippen MR) is 170 cm³/mol. The summed E-state index contributed by atoms with van der Waals surface area (Å²) in [7, 11) is 0. The molecule has 1 atom stereocenters. The van der Waals surface area contributed by atoms with Crippen LogP contribution in [-0.2, 0) is 9.53 Å². The highest BCUT2D eigenvalue weighted by Crippen LogP contribution is 2.35. The first kappa shape index (κ1) is 29.2. The summed E-state index contributed by atoms with van der Waals surface area (Å²) in [5.74, 6) is -0.565. The van der Waals surface area contributed by atoms with Crippen molar-refractivity contribution < 1.29 is 23.8 Å². The van der Waals surface area contributed by atoms with E-state index >= 15 is 0 Å². The molecule has 0 amide bonds. The number of rotatable bonds is 8. The molecule has 1 unspecified atom stereocenters. The SMILES string of the molecule is CCOC(=O)C1=C(c2ccccc2)N=c2s/c(=C\c3ccc(-c4ccc(C(=O)O)cc4)o3)c(=O)n2C1c1ccc(SC)cc1. The van der Waals surface area contributed by atoms with Gasteiger partial charge in [-0.15, -0.1) is 11.8 Å². The number of hydrogen-bond acceptors (Lipinski definition) is 8. The minimum atomic E-state index is -1.01. The van der Waals surface area contributed by atoms with Crippen molar-refractivity contribution in [3.8, 4) is 11.3 Å². The Balaban J connectivity index is 1.52. The van der Waals surface area contributed by atoms with Gasteiger partial charge < -0.3 is 14.3 Å². The molecule has 0 spiro atoms. The number of carboxylic acids is 1. The van der Waals surface area contributed by atoms with E-state index in [2.05, 4.69) is 0 Å². The van der Waals surface area contributed by atoms with Crippen LogP contribution >= 0.6 is 23.1 Å². The summed E-state index contributed by atoms with van der Waals surface area (Å²) in [4.78, 5) is 45.2. The van der Waals surface area contributed by atoms with Crippen molar-refractivity contribution >= 4 is 46.8 Å². The van der Waals surface area contributed by atoms with Crippen LogP contribution in [0.5, 0.6) is 0 Å². The fourth-order valence-corrected chi connectivity index (χ4v) is 6.42. The molecule has 1 aliphatic heterocycles. The molecule has 0 fully saturated rings. The average molecular weight is 623 g/mol. The monoisotopic (exact) mass is 622 g/mol. The quantitative estimate of drug-likeness (QED) is 0.177. The predicted octanol–water partition coefficient (Wildman–Crippen LogP) is 5.62. The fraction of sp³-hybridized carbons (Fsp3) is 0.118. The second-order valence-corrected chi connectivity index (χ2v) is 11.7. The molecule has 0 saturated carbocycles. The number of carbonyl (C=O) groups excluding carboxylic acids is 1. The average Bonchev–Trinajstić information content (AvgIpc) is 3.65. The fourth-order valence-electron chi connectivity index (χ4n) is 5.03. The number of nitrogens with zero attached hydrogens (tertiary/aromatic N) is 2. The third kappa shape index (κ3) is 5.57. The Morgan fingerprint density at radius 3 is 2.39 bits per heavy atom. The third-order valence-electron chi connectivity index (χ3n) is 7.12. The molecule has 10 heteroatoms. The van der Waals surface area contributed by atoms with Gasteiger partial charge in [0.15, 0.2) is 4.80 Å². The molecule has 220 valence electrons. The first-order chi connectivity index (χ1) is 21.4. The molecule has 44 heavy (non-hydrogen) atoms. The summed E-state index contributed by atoms with van der Waals surface area (Å²) < 4.78 is 13.5. The highest BCUT2D eigenvalue weighted by molar-refractivity contribution is 7.98. The molecular weight excluding hydrogens is 597 g/mol. The molecule has 0 bridgehead atoms. The molecule has 5 aromatic rings. The van der Waals surface area contributed by atoms with Gasteiger partial charge in [0.25, 0.3) is 5.56 Å². The van der Waals surface area contributed by atoms with Crippen LogP contribution in [0.4, 0.5) is 0 Å². The third-order valence-corrected chi connectivity index (χ3v) is 8.85. The first-order valence-corrected chi connectivity index (χ1v) is 15.8. The molecule has 2 aromatic heterocycles. The van der Waals surface area contributed by atoms with E-state index in [-0.39, 0.29) is 17.7 Å². The molecule has 6 rings (SSSR count). The maximum Gasteiger partial charge on any atom is 0.338 e. The van der Waals surface area contributed by atoms with E-state index in [4.69, 9.17) is 14.1 Å². The van der Waals surface area contributed by atoms with Crippen LogP contribution in [0.25, 0.3) is 23.1 Å². The molecule has 0 aliphatic carbocycles. The normalized spacial score (nSPS) is 14.7. The van der Waals surface area contributed by atoms with Crippen molar-refractivity contribution in [1.82, 2.24) is 4.57 Å². The minimum Gasteiger partial charge on any atom is -0.478 e. The Labute approximate surface area is 260 Å². The number of fused-ring (bicyclic) bond motifs is 1. The maximum absolute atomic E-state index is 14.1. The van der Waals surface area contributed by atoms with Crippen molar-refractivity contribution in [2.75, 3.05) is 12.9 Å². The van der Waals surface area contributed by atoms with Crippen molar-refractivity contribution in [2.24, 2.45) is 4.99 Å². The Morgan fingerprint density at radius 1 is 1.00 bits per heavy atom. The summed E-state index contributed by atoms with van der Waals surface area (Å²) in [6.45, 7) is 1.92. The van der Waals surface area contributed by atoms with Gasteiger partial charge in [-0.1, -0.05) is 65.9 Å². The lowest BCUT2D eigenvalue weighted by atomic mass is 9.93. The zero-order chi connectivity index (χ0) is 30.8.